The van der Waals surface area contributed by atoms with Crippen LogP contribution in [0.15, 0.2) is 24.3 Å². The summed E-state index contributed by atoms with van der Waals surface area (Å²) < 4.78 is 23.2. The predicted molar refractivity (Wildman–Crippen MR) is 89.3 cm³/mol. The zero-order chi connectivity index (χ0) is 16.5. The van der Waals surface area contributed by atoms with Crippen molar-refractivity contribution in [1.29, 1.82) is 0 Å². The molecule has 0 aromatic heterocycles. The maximum absolute atomic E-state index is 12.4. The zero-order valence-corrected chi connectivity index (χ0v) is 14.8. The van der Waals surface area contributed by atoms with E-state index in [1.807, 2.05) is 32.0 Å². The summed E-state index contributed by atoms with van der Waals surface area (Å²) >= 11 is 0. The Morgan fingerprint density at radius 2 is 1.73 bits per heavy atom. The van der Waals surface area contributed by atoms with E-state index in [1.165, 1.54) is 0 Å². The third-order valence-electron chi connectivity index (χ3n) is 2.80. The van der Waals surface area contributed by atoms with Crippen LogP contribution in [0, 0.1) is 11.8 Å². The molecule has 0 saturated heterocycles. The molecular formula is C17H26O4P+. The van der Waals surface area contributed by atoms with Gasteiger partial charge in [-0.3, -0.25) is 4.79 Å². The van der Waals surface area contributed by atoms with Gasteiger partial charge in [-0.15, -0.1) is 0 Å². The first-order valence-electron chi connectivity index (χ1n) is 7.72. The lowest BCUT2D eigenvalue weighted by atomic mass is 10.2. The van der Waals surface area contributed by atoms with Gasteiger partial charge in [0.25, 0.3) is 0 Å². The number of hydrogen-bond donors (Lipinski definition) is 0. The van der Waals surface area contributed by atoms with Crippen molar-refractivity contribution >= 4 is 19.1 Å². The maximum atomic E-state index is 12.4. The van der Waals surface area contributed by atoms with Gasteiger partial charge in [-0.25, -0.2) is 0 Å². The second-order valence-corrected chi connectivity index (χ2v) is 7.79. The molecule has 5 heteroatoms. The summed E-state index contributed by atoms with van der Waals surface area (Å²) in [4.78, 5) is 11.6. The van der Waals surface area contributed by atoms with Crippen molar-refractivity contribution in [1.82, 2.24) is 0 Å². The number of carbonyl (C=O) groups excluding carboxylic acids is 1. The van der Waals surface area contributed by atoms with Gasteiger partial charge >= 0.3 is 13.8 Å². The molecule has 1 atom stereocenters. The van der Waals surface area contributed by atoms with Crippen molar-refractivity contribution in [2.75, 3.05) is 19.4 Å². The number of carbonyl (C=O) groups is 1. The molecule has 0 radical (unpaired) electrons. The van der Waals surface area contributed by atoms with Crippen LogP contribution in [-0.2, 0) is 14.1 Å². The Labute approximate surface area is 134 Å². The molecule has 0 amide bonds. The molecule has 0 aliphatic rings. The Kier molecular flexibility index (Phi) is 8.11. The molecule has 1 unspecified atom stereocenters. The summed E-state index contributed by atoms with van der Waals surface area (Å²) in [6.45, 7) is 9.08. The minimum absolute atomic E-state index is 0.167. The van der Waals surface area contributed by atoms with E-state index in [-0.39, 0.29) is 18.6 Å². The summed E-state index contributed by atoms with van der Waals surface area (Å²) in [7, 11) is -1.66. The largest absolute Gasteiger partial charge is 0.489 e. The predicted octanol–water partition coefficient (Wildman–Crippen LogP) is 3.76. The third kappa shape index (κ3) is 7.04. The molecule has 0 spiro atoms. The van der Waals surface area contributed by atoms with Gasteiger partial charge in [0.2, 0.25) is 5.30 Å². The van der Waals surface area contributed by atoms with E-state index in [0.29, 0.717) is 36.1 Å². The summed E-state index contributed by atoms with van der Waals surface area (Å²) in [6, 6.07) is 7.32. The molecule has 0 fully saturated rings. The summed E-state index contributed by atoms with van der Waals surface area (Å²) in [5.74, 6) is 1.06. The van der Waals surface area contributed by atoms with Crippen molar-refractivity contribution < 1.29 is 18.8 Å². The second kappa shape index (κ2) is 9.58. The number of ether oxygens (including phenoxy) is 2. The van der Waals surface area contributed by atoms with Gasteiger partial charge in [-0.1, -0.05) is 44.4 Å². The van der Waals surface area contributed by atoms with Gasteiger partial charge in [0, 0.05) is 0 Å². The van der Waals surface area contributed by atoms with Crippen LogP contribution >= 0.6 is 7.80 Å². The molecular weight excluding hydrogens is 299 g/mol. The van der Waals surface area contributed by atoms with Gasteiger partial charge in [-0.2, -0.15) is 0 Å². The van der Waals surface area contributed by atoms with Crippen LogP contribution in [-0.4, -0.2) is 25.3 Å². The van der Waals surface area contributed by atoms with Gasteiger partial charge in [0.05, 0.1) is 19.6 Å². The van der Waals surface area contributed by atoms with Crippen LogP contribution in [0.4, 0.5) is 0 Å². The average Bonchev–Trinajstić information content (AvgIpc) is 2.48. The van der Waals surface area contributed by atoms with Crippen molar-refractivity contribution in [3.05, 3.63) is 24.3 Å². The second-order valence-electron chi connectivity index (χ2n) is 6.10. The molecule has 1 aromatic rings. The minimum Gasteiger partial charge on any atom is -0.489 e. The molecule has 0 bridgehead atoms. The summed E-state index contributed by atoms with van der Waals surface area (Å²) in [5.41, 5.74) is 0. The molecule has 122 valence electrons. The van der Waals surface area contributed by atoms with Crippen molar-refractivity contribution in [3.8, 4) is 5.75 Å². The van der Waals surface area contributed by atoms with Gasteiger partial charge < -0.3 is 9.47 Å². The third-order valence-corrected chi connectivity index (χ3v) is 4.34. The number of benzene rings is 1. The fourth-order valence-electron chi connectivity index (χ4n) is 1.69. The average molecular weight is 325 g/mol. The fraction of sp³-hybridized carbons (Fsp3) is 0.588. The summed E-state index contributed by atoms with van der Waals surface area (Å²) in [5, 5.41) is 0.676. The normalized spacial score (nSPS) is 11.6. The zero-order valence-electron chi connectivity index (χ0n) is 13.9. The Morgan fingerprint density at radius 3 is 2.36 bits per heavy atom. The van der Waals surface area contributed by atoms with E-state index in [0.717, 1.165) is 0 Å². The van der Waals surface area contributed by atoms with Crippen LogP contribution in [0.2, 0.25) is 0 Å². The number of esters is 1. The SMILES string of the molecule is CC(C)COC(=O)CC[P+](=O)c1ccccc1OCC(C)C. The number of rotatable bonds is 9. The maximum Gasteiger partial charge on any atom is 0.381 e. The lowest BCUT2D eigenvalue weighted by Crippen LogP contribution is -2.13. The van der Waals surface area contributed by atoms with Crippen molar-refractivity contribution in [3.63, 3.8) is 0 Å². The van der Waals surface area contributed by atoms with E-state index in [2.05, 4.69) is 13.8 Å². The van der Waals surface area contributed by atoms with E-state index in [4.69, 9.17) is 9.47 Å². The van der Waals surface area contributed by atoms with Gasteiger partial charge in [-0.05, 0) is 24.0 Å². The van der Waals surface area contributed by atoms with Crippen LogP contribution in [0.3, 0.4) is 0 Å². The topological polar surface area (TPSA) is 52.6 Å². The van der Waals surface area contributed by atoms with Crippen LogP contribution in [0.25, 0.3) is 0 Å². The molecule has 0 aliphatic heterocycles. The highest BCUT2D eigenvalue weighted by Crippen LogP contribution is 2.27. The first-order chi connectivity index (χ1) is 10.4. The van der Waals surface area contributed by atoms with Gasteiger partial charge in [0.1, 0.15) is 0 Å². The van der Waals surface area contributed by atoms with Crippen molar-refractivity contribution in [2.24, 2.45) is 11.8 Å². The quantitative estimate of drug-likeness (QED) is 0.512. The highest BCUT2D eigenvalue weighted by Gasteiger charge is 2.26. The minimum atomic E-state index is -1.66. The van der Waals surface area contributed by atoms with E-state index < -0.39 is 7.80 Å². The first kappa shape index (κ1) is 18.6. The summed E-state index contributed by atoms with van der Waals surface area (Å²) in [6.07, 6.45) is 0.453. The van der Waals surface area contributed by atoms with Gasteiger partial charge in [0.15, 0.2) is 11.9 Å². The Hall–Kier alpha value is -1.41. The monoisotopic (exact) mass is 325 g/mol. The number of hydrogen-bond acceptors (Lipinski definition) is 4. The lowest BCUT2D eigenvalue weighted by molar-refractivity contribution is -0.144. The lowest BCUT2D eigenvalue weighted by Gasteiger charge is -2.08. The van der Waals surface area contributed by atoms with Crippen LogP contribution < -0.4 is 10.0 Å². The first-order valence-corrected chi connectivity index (χ1v) is 9.16. The highest BCUT2D eigenvalue weighted by atomic mass is 31.1. The highest BCUT2D eigenvalue weighted by molar-refractivity contribution is 7.53. The Balaban J connectivity index is 2.56. The van der Waals surface area contributed by atoms with E-state index in [1.54, 1.807) is 6.07 Å². The Morgan fingerprint density at radius 1 is 1.09 bits per heavy atom. The van der Waals surface area contributed by atoms with Crippen LogP contribution in [0.1, 0.15) is 34.1 Å². The molecule has 0 heterocycles. The molecule has 22 heavy (non-hydrogen) atoms. The standard InChI is InChI=1S/C17H26O4P/c1-13(2)11-20-15-7-5-6-8-16(15)22(19)10-9-17(18)21-12-14(3)4/h5-8,13-14H,9-12H2,1-4H3/q+1. The molecule has 0 N–H and O–H groups in total. The molecule has 1 aromatic carbocycles. The van der Waals surface area contributed by atoms with Crippen molar-refractivity contribution in [2.45, 2.75) is 34.1 Å². The smallest absolute Gasteiger partial charge is 0.381 e. The fourth-order valence-corrected chi connectivity index (χ4v) is 2.95. The van der Waals surface area contributed by atoms with E-state index in [9.17, 15) is 9.36 Å². The molecule has 4 nitrogen and oxygen atoms in total. The number of para-hydroxylation sites is 1. The molecule has 1 rings (SSSR count). The Bertz CT molecular complexity index is 497. The van der Waals surface area contributed by atoms with E-state index >= 15 is 0 Å². The molecule has 0 saturated carbocycles. The molecule has 0 aliphatic carbocycles. The van der Waals surface area contributed by atoms with Crippen LogP contribution in [0.5, 0.6) is 5.75 Å².